The Morgan fingerprint density at radius 1 is 1.03 bits per heavy atom. The van der Waals surface area contributed by atoms with Crippen LogP contribution < -0.4 is 5.56 Å². The average Bonchev–Trinajstić information content (AvgIpc) is 3.09. The summed E-state index contributed by atoms with van der Waals surface area (Å²) in [6, 6.07) is 11.1. The Kier molecular flexibility index (Phi) is 4.81. The third-order valence-electron chi connectivity index (χ3n) is 4.40. The lowest BCUT2D eigenvalue weighted by Crippen LogP contribution is -2.19. The first-order valence-corrected chi connectivity index (χ1v) is 9.06. The molecule has 4 aromatic rings. The summed E-state index contributed by atoms with van der Waals surface area (Å²) in [7, 11) is 0. The fraction of sp³-hybridized carbons (Fsp3) is 0.0526. The molecule has 0 aliphatic carbocycles. The Hall–Kier alpha value is -3.23. The number of halogens is 3. The van der Waals surface area contributed by atoms with E-state index in [0.29, 0.717) is 11.0 Å². The minimum Gasteiger partial charge on any atom is -0.301 e. The summed E-state index contributed by atoms with van der Waals surface area (Å²) in [5.41, 5.74) is 1.54. The molecule has 0 fully saturated rings. The fourth-order valence-corrected chi connectivity index (χ4v) is 3.68. The molecule has 0 amide bonds. The zero-order valence-corrected chi connectivity index (χ0v) is 16.1. The van der Waals surface area contributed by atoms with Crippen LogP contribution in [0.2, 0.25) is 10.0 Å². The zero-order valence-electron chi connectivity index (χ0n) is 14.6. The Balaban J connectivity index is 1.86. The number of hydrogen-bond donors (Lipinski definition) is 0. The van der Waals surface area contributed by atoms with Crippen molar-refractivity contribution in [2.75, 3.05) is 0 Å². The summed E-state index contributed by atoms with van der Waals surface area (Å²) in [6.07, 6.45) is 1.48. The van der Waals surface area contributed by atoms with Crippen LogP contribution in [0.25, 0.3) is 16.7 Å². The van der Waals surface area contributed by atoms with Crippen molar-refractivity contribution in [2.24, 2.45) is 0 Å². The molecule has 29 heavy (non-hydrogen) atoms. The van der Waals surface area contributed by atoms with E-state index in [2.05, 4.69) is 5.10 Å². The first-order valence-electron chi connectivity index (χ1n) is 8.31. The third-order valence-corrected chi connectivity index (χ3v) is 4.98. The van der Waals surface area contributed by atoms with Gasteiger partial charge in [-0.3, -0.25) is 14.9 Å². The molecule has 0 N–H and O–H groups in total. The van der Waals surface area contributed by atoms with Gasteiger partial charge in [0.25, 0.3) is 11.2 Å². The molecule has 0 saturated carbocycles. The number of aromatic nitrogens is 3. The van der Waals surface area contributed by atoms with E-state index >= 15 is 0 Å². The minimum atomic E-state index is -0.594. The lowest BCUT2D eigenvalue weighted by molar-refractivity contribution is -0.384. The minimum absolute atomic E-state index is 0.0467. The highest BCUT2D eigenvalue weighted by Gasteiger charge is 2.19. The quantitative estimate of drug-likeness (QED) is 0.348. The van der Waals surface area contributed by atoms with Gasteiger partial charge in [0.2, 0.25) is 0 Å². The summed E-state index contributed by atoms with van der Waals surface area (Å²) in [4.78, 5) is 22.8. The van der Waals surface area contributed by atoms with E-state index in [1.807, 2.05) is 0 Å². The Morgan fingerprint density at radius 2 is 1.69 bits per heavy atom. The predicted molar refractivity (Wildman–Crippen MR) is 108 cm³/mol. The number of nitrogens with zero attached hydrogens (tertiary/aromatic N) is 4. The van der Waals surface area contributed by atoms with Crippen molar-refractivity contribution in [3.05, 3.63) is 96.6 Å². The highest BCUT2D eigenvalue weighted by molar-refractivity contribution is 6.38. The van der Waals surface area contributed by atoms with Crippen LogP contribution in [0.15, 0.2) is 59.5 Å². The van der Waals surface area contributed by atoms with Gasteiger partial charge in [-0.05, 0) is 23.8 Å². The molecule has 2 aromatic heterocycles. The first kappa shape index (κ1) is 19.1. The lowest BCUT2D eigenvalue weighted by Gasteiger charge is -2.10. The monoisotopic (exact) mass is 432 g/mol. The van der Waals surface area contributed by atoms with Gasteiger partial charge in [-0.25, -0.2) is 9.07 Å². The van der Waals surface area contributed by atoms with E-state index in [4.69, 9.17) is 23.2 Å². The molecule has 0 radical (unpaired) electrons. The predicted octanol–water partition coefficient (Wildman–Crippen LogP) is 4.59. The highest BCUT2D eigenvalue weighted by Crippen LogP contribution is 2.34. The summed E-state index contributed by atoms with van der Waals surface area (Å²) in [6.45, 7) is 0.212. The van der Waals surface area contributed by atoms with E-state index in [9.17, 15) is 19.3 Å². The number of benzene rings is 2. The summed E-state index contributed by atoms with van der Waals surface area (Å²) >= 11 is 12.5. The smallest absolute Gasteiger partial charge is 0.272 e. The van der Waals surface area contributed by atoms with Crippen LogP contribution in [0, 0.1) is 15.9 Å². The van der Waals surface area contributed by atoms with Crippen molar-refractivity contribution in [1.82, 2.24) is 14.3 Å². The van der Waals surface area contributed by atoms with Crippen LogP contribution >= 0.6 is 23.2 Å². The van der Waals surface area contributed by atoms with Gasteiger partial charge >= 0.3 is 0 Å². The van der Waals surface area contributed by atoms with Crippen LogP contribution in [0.5, 0.6) is 0 Å². The number of non-ortho nitro benzene ring substituents is 1. The SMILES string of the molecule is O=c1ccc2c(cnn2-c2c(Cl)cc([N+](=O)[O-])cc2Cl)n1Cc1ccc(F)cc1. The molecule has 2 heterocycles. The van der Waals surface area contributed by atoms with Gasteiger partial charge < -0.3 is 4.57 Å². The number of nitro groups is 1. The van der Waals surface area contributed by atoms with Crippen LogP contribution in [-0.2, 0) is 6.54 Å². The van der Waals surface area contributed by atoms with Crippen molar-refractivity contribution in [2.45, 2.75) is 6.54 Å². The van der Waals surface area contributed by atoms with Gasteiger partial charge in [0.1, 0.15) is 11.5 Å². The highest BCUT2D eigenvalue weighted by atomic mass is 35.5. The van der Waals surface area contributed by atoms with Crippen molar-refractivity contribution < 1.29 is 9.31 Å². The summed E-state index contributed by atoms with van der Waals surface area (Å²) < 4.78 is 16.1. The van der Waals surface area contributed by atoms with E-state index < -0.39 is 4.92 Å². The van der Waals surface area contributed by atoms with Crippen molar-refractivity contribution in [1.29, 1.82) is 0 Å². The molecule has 0 aliphatic rings. The van der Waals surface area contributed by atoms with Crippen LogP contribution in [0.1, 0.15) is 5.56 Å². The van der Waals surface area contributed by atoms with Crippen molar-refractivity contribution >= 4 is 39.9 Å². The second kappa shape index (κ2) is 7.31. The van der Waals surface area contributed by atoms with Gasteiger partial charge in [-0.2, -0.15) is 5.10 Å². The maximum Gasteiger partial charge on any atom is 0.272 e. The molecular weight excluding hydrogens is 422 g/mol. The second-order valence-corrected chi connectivity index (χ2v) is 7.04. The lowest BCUT2D eigenvalue weighted by atomic mass is 10.2. The van der Waals surface area contributed by atoms with Gasteiger partial charge in [-0.15, -0.1) is 0 Å². The van der Waals surface area contributed by atoms with Gasteiger partial charge in [0.15, 0.2) is 0 Å². The van der Waals surface area contributed by atoms with Gasteiger partial charge in [-0.1, -0.05) is 35.3 Å². The maximum absolute atomic E-state index is 13.2. The molecule has 146 valence electrons. The Labute approximate surface area is 172 Å². The molecule has 0 atom stereocenters. The number of fused-ring (bicyclic) bond motifs is 1. The van der Waals surface area contributed by atoms with Crippen molar-refractivity contribution in [3.63, 3.8) is 0 Å². The van der Waals surface area contributed by atoms with Crippen LogP contribution in [0.3, 0.4) is 0 Å². The van der Waals surface area contributed by atoms with Gasteiger partial charge in [0.05, 0.1) is 38.7 Å². The van der Waals surface area contributed by atoms with E-state index in [-0.39, 0.29) is 39.3 Å². The molecule has 0 bridgehead atoms. The third kappa shape index (κ3) is 3.48. The molecule has 7 nitrogen and oxygen atoms in total. The topological polar surface area (TPSA) is 83.0 Å². The van der Waals surface area contributed by atoms with E-state index in [1.165, 1.54) is 45.8 Å². The van der Waals surface area contributed by atoms with E-state index in [1.54, 1.807) is 18.2 Å². The largest absolute Gasteiger partial charge is 0.301 e. The molecule has 4 rings (SSSR count). The number of rotatable bonds is 4. The van der Waals surface area contributed by atoms with Crippen molar-refractivity contribution in [3.8, 4) is 5.69 Å². The second-order valence-electron chi connectivity index (χ2n) is 6.23. The van der Waals surface area contributed by atoms with Crippen LogP contribution in [0.4, 0.5) is 10.1 Å². The fourth-order valence-electron chi connectivity index (χ4n) is 3.05. The van der Waals surface area contributed by atoms with Crippen LogP contribution in [-0.4, -0.2) is 19.3 Å². The molecule has 2 aromatic carbocycles. The summed E-state index contributed by atoms with van der Waals surface area (Å²) in [5, 5.41) is 15.4. The first-order chi connectivity index (χ1) is 13.8. The maximum atomic E-state index is 13.2. The molecule has 0 unspecified atom stereocenters. The molecule has 10 heteroatoms. The molecule has 0 saturated heterocycles. The molecular formula is C19H11Cl2FN4O3. The Bertz CT molecular complexity index is 1290. The van der Waals surface area contributed by atoms with E-state index in [0.717, 1.165) is 5.56 Å². The normalized spacial score (nSPS) is 11.1. The zero-order chi connectivity index (χ0) is 20.7. The number of hydrogen-bond acceptors (Lipinski definition) is 4. The Morgan fingerprint density at radius 3 is 2.31 bits per heavy atom. The average molecular weight is 433 g/mol. The molecule has 0 aliphatic heterocycles. The summed E-state index contributed by atoms with van der Waals surface area (Å²) in [5.74, 6) is -0.366. The standard InChI is InChI=1S/C19H11Cl2FN4O3/c20-14-7-13(26(28)29)8-15(21)19(14)25-16-5-6-18(27)24(17(16)9-23-25)10-11-1-3-12(22)4-2-11/h1-9H,10H2. The number of nitro benzene ring substituents is 1. The number of pyridine rings is 1. The molecule has 0 spiro atoms. The van der Waals surface area contributed by atoms with Gasteiger partial charge in [0, 0.05) is 18.2 Å².